The third-order valence-electron chi connectivity index (χ3n) is 4.08. The molecule has 30 heavy (non-hydrogen) atoms. The Morgan fingerprint density at radius 1 is 1.13 bits per heavy atom. The quantitative estimate of drug-likeness (QED) is 0.622. The first-order chi connectivity index (χ1) is 14.0. The van der Waals surface area contributed by atoms with Crippen molar-refractivity contribution in [2.75, 3.05) is 5.32 Å². The topological polar surface area (TPSA) is 106 Å². The SMILES string of the molecule is Cc1ccc(S(=O)(=O)NC(C)(C)C)cc1C(=O)Nc1cc(Cl)ccc1-n1cncn1. The van der Waals surface area contributed by atoms with E-state index in [1.807, 2.05) is 0 Å². The molecular formula is C20H22ClN5O3S. The second-order valence-corrected chi connectivity index (χ2v) is 9.91. The van der Waals surface area contributed by atoms with E-state index in [2.05, 4.69) is 20.1 Å². The fraction of sp³-hybridized carbons (Fsp3) is 0.250. The zero-order valence-electron chi connectivity index (χ0n) is 17.0. The molecule has 0 aliphatic heterocycles. The van der Waals surface area contributed by atoms with E-state index in [4.69, 9.17) is 11.6 Å². The molecule has 0 unspecified atom stereocenters. The number of carbonyl (C=O) groups excluding carboxylic acids is 1. The average molecular weight is 448 g/mol. The van der Waals surface area contributed by atoms with E-state index in [1.165, 1.54) is 29.5 Å². The van der Waals surface area contributed by atoms with Crippen molar-refractivity contribution in [1.82, 2.24) is 19.5 Å². The maximum absolute atomic E-state index is 13.0. The molecule has 2 N–H and O–H groups in total. The highest BCUT2D eigenvalue weighted by atomic mass is 35.5. The van der Waals surface area contributed by atoms with Crippen LogP contribution in [0, 0.1) is 6.92 Å². The maximum Gasteiger partial charge on any atom is 0.256 e. The Hall–Kier alpha value is -2.75. The fourth-order valence-electron chi connectivity index (χ4n) is 2.81. The van der Waals surface area contributed by atoms with Crippen LogP contribution in [-0.4, -0.2) is 34.6 Å². The van der Waals surface area contributed by atoms with E-state index < -0.39 is 21.5 Å². The Bertz CT molecular complexity index is 1190. The summed E-state index contributed by atoms with van der Waals surface area (Å²) in [4.78, 5) is 16.9. The molecule has 0 aliphatic carbocycles. The van der Waals surface area contributed by atoms with Crippen molar-refractivity contribution in [3.8, 4) is 5.69 Å². The molecule has 0 saturated carbocycles. The molecule has 1 heterocycles. The summed E-state index contributed by atoms with van der Waals surface area (Å²) in [6.45, 7) is 6.98. The van der Waals surface area contributed by atoms with Gasteiger partial charge >= 0.3 is 0 Å². The van der Waals surface area contributed by atoms with Crippen molar-refractivity contribution in [3.05, 3.63) is 65.2 Å². The summed E-state index contributed by atoms with van der Waals surface area (Å²) in [6.07, 6.45) is 2.87. The highest BCUT2D eigenvalue weighted by Gasteiger charge is 2.24. The summed E-state index contributed by atoms with van der Waals surface area (Å²) >= 11 is 6.10. The van der Waals surface area contributed by atoms with Gasteiger partial charge < -0.3 is 5.32 Å². The number of nitrogens with one attached hydrogen (secondary N) is 2. The highest BCUT2D eigenvalue weighted by molar-refractivity contribution is 7.89. The third-order valence-corrected chi connectivity index (χ3v) is 6.07. The summed E-state index contributed by atoms with van der Waals surface area (Å²) in [5.74, 6) is -0.469. The van der Waals surface area contributed by atoms with Gasteiger partial charge in [-0.15, -0.1) is 0 Å². The van der Waals surface area contributed by atoms with Gasteiger partial charge in [0.2, 0.25) is 10.0 Å². The predicted molar refractivity (Wildman–Crippen MR) is 116 cm³/mol. The van der Waals surface area contributed by atoms with Crippen LogP contribution in [-0.2, 0) is 10.0 Å². The molecule has 0 saturated heterocycles. The third kappa shape index (κ3) is 5.05. The Kier molecular flexibility index (Phi) is 5.98. The van der Waals surface area contributed by atoms with E-state index >= 15 is 0 Å². The molecule has 158 valence electrons. The molecular weight excluding hydrogens is 426 g/mol. The number of hydrogen-bond acceptors (Lipinski definition) is 5. The second kappa shape index (κ2) is 8.17. The van der Waals surface area contributed by atoms with Gasteiger partial charge in [0.15, 0.2) is 0 Å². The van der Waals surface area contributed by atoms with Crippen molar-refractivity contribution in [3.63, 3.8) is 0 Å². The number of amides is 1. The molecule has 3 aromatic rings. The minimum atomic E-state index is -3.79. The van der Waals surface area contributed by atoms with Crippen LogP contribution in [0.4, 0.5) is 5.69 Å². The Labute approximate surface area is 180 Å². The highest BCUT2D eigenvalue weighted by Crippen LogP contribution is 2.25. The fourth-order valence-corrected chi connectivity index (χ4v) is 4.42. The number of hydrogen-bond donors (Lipinski definition) is 2. The van der Waals surface area contributed by atoms with Crippen LogP contribution in [0.15, 0.2) is 53.9 Å². The minimum absolute atomic E-state index is 0.00997. The van der Waals surface area contributed by atoms with Gasteiger partial charge in [0.1, 0.15) is 12.7 Å². The Morgan fingerprint density at radius 3 is 2.50 bits per heavy atom. The molecule has 0 radical (unpaired) electrons. The largest absolute Gasteiger partial charge is 0.320 e. The second-order valence-electron chi connectivity index (χ2n) is 7.79. The first-order valence-corrected chi connectivity index (χ1v) is 10.9. The van der Waals surface area contributed by atoms with Crippen LogP contribution < -0.4 is 10.0 Å². The number of nitrogens with zero attached hydrogens (tertiary/aromatic N) is 3. The molecule has 10 heteroatoms. The van der Waals surface area contributed by atoms with Crippen LogP contribution in [0.2, 0.25) is 5.02 Å². The molecule has 0 aliphatic rings. The van der Waals surface area contributed by atoms with Crippen LogP contribution >= 0.6 is 11.6 Å². The van der Waals surface area contributed by atoms with Gasteiger partial charge in [-0.25, -0.2) is 22.8 Å². The molecule has 2 aromatic carbocycles. The summed E-state index contributed by atoms with van der Waals surface area (Å²) in [5, 5.41) is 7.30. The molecule has 0 bridgehead atoms. The number of carbonyl (C=O) groups is 1. The first kappa shape index (κ1) is 21.9. The van der Waals surface area contributed by atoms with Crippen molar-refractivity contribution in [2.45, 2.75) is 38.1 Å². The lowest BCUT2D eigenvalue weighted by molar-refractivity contribution is 0.102. The molecule has 1 aromatic heterocycles. The van der Waals surface area contributed by atoms with Crippen LogP contribution in [0.1, 0.15) is 36.7 Å². The summed E-state index contributed by atoms with van der Waals surface area (Å²) in [6, 6.07) is 9.40. The van der Waals surface area contributed by atoms with Crippen molar-refractivity contribution >= 4 is 33.2 Å². The lowest BCUT2D eigenvalue weighted by Crippen LogP contribution is -2.40. The number of rotatable bonds is 5. The van der Waals surface area contributed by atoms with E-state index in [-0.39, 0.29) is 10.5 Å². The Morgan fingerprint density at radius 2 is 1.87 bits per heavy atom. The minimum Gasteiger partial charge on any atom is -0.320 e. The number of benzene rings is 2. The van der Waals surface area contributed by atoms with Gasteiger partial charge in [-0.05, 0) is 63.6 Å². The van der Waals surface area contributed by atoms with Gasteiger partial charge in [-0.3, -0.25) is 4.79 Å². The lowest BCUT2D eigenvalue weighted by atomic mass is 10.1. The molecule has 0 spiro atoms. The summed E-state index contributed by atoms with van der Waals surface area (Å²) in [5.41, 5.74) is 1.20. The van der Waals surface area contributed by atoms with Crippen molar-refractivity contribution < 1.29 is 13.2 Å². The maximum atomic E-state index is 13.0. The van der Waals surface area contributed by atoms with Crippen LogP contribution in [0.5, 0.6) is 0 Å². The number of anilines is 1. The van der Waals surface area contributed by atoms with Gasteiger partial charge in [-0.2, -0.15) is 5.10 Å². The molecule has 8 nitrogen and oxygen atoms in total. The molecule has 0 fully saturated rings. The first-order valence-electron chi connectivity index (χ1n) is 9.07. The molecule has 0 atom stereocenters. The number of sulfonamides is 1. The smallest absolute Gasteiger partial charge is 0.256 e. The summed E-state index contributed by atoms with van der Waals surface area (Å²) in [7, 11) is -3.79. The average Bonchev–Trinajstić information content (AvgIpc) is 3.14. The number of aromatic nitrogens is 3. The van der Waals surface area contributed by atoms with Gasteiger partial charge in [-0.1, -0.05) is 17.7 Å². The van der Waals surface area contributed by atoms with Crippen LogP contribution in [0.3, 0.4) is 0 Å². The summed E-state index contributed by atoms with van der Waals surface area (Å²) < 4.78 is 29.4. The standard InChI is InChI=1S/C20H22ClN5O3S/c1-13-5-7-15(30(28,29)25-20(2,3)4)10-16(13)19(27)24-17-9-14(21)6-8-18(17)26-12-22-11-23-26/h5-12,25H,1-4H3,(H,24,27). The van der Waals surface area contributed by atoms with Crippen LogP contribution in [0.25, 0.3) is 5.69 Å². The zero-order valence-corrected chi connectivity index (χ0v) is 18.5. The van der Waals surface area contributed by atoms with E-state index in [9.17, 15) is 13.2 Å². The monoisotopic (exact) mass is 447 g/mol. The van der Waals surface area contributed by atoms with E-state index in [1.54, 1.807) is 52.0 Å². The molecule has 3 rings (SSSR count). The zero-order chi connectivity index (χ0) is 22.1. The predicted octanol–water partition coefficient (Wildman–Crippen LogP) is 3.56. The van der Waals surface area contributed by atoms with Crippen molar-refractivity contribution in [1.29, 1.82) is 0 Å². The van der Waals surface area contributed by atoms with Gasteiger partial charge in [0.05, 0.1) is 16.3 Å². The van der Waals surface area contributed by atoms with E-state index in [0.29, 0.717) is 22.0 Å². The number of aryl methyl sites for hydroxylation is 1. The van der Waals surface area contributed by atoms with E-state index in [0.717, 1.165) is 0 Å². The number of halogens is 1. The van der Waals surface area contributed by atoms with Crippen molar-refractivity contribution in [2.24, 2.45) is 0 Å². The van der Waals surface area contributed by atoms with Gasteiger partial charge in [0.25, 0.3) is 5.91 Å². The van der Waals surface area contributed by atoms with Gasteiger partial charge in [0, 0.05) is 16.1 Å². The molecule has 1 amide bonds. The lowest BCUT2D eigenvalue weighted by Gasteiger charge is -2.21. The Balaban J connectivity index is 1.97. The normalized spacial score (nSPS) is 12.0.